The molecule has 1 N–H and O–H groups in total. The SMILES string of the molecule is CC(=O)OC/C=C/CC/C=C/CO. The van der Waals surface area contributed by atoms with Crippen LogP contribution in [0.3, 0.4) is 0 Å². The predicted octanol–water partition coefficient (Wildman–Crippen LogP) is 1.43. The van der Waals surface area contributed by atoms with E-state index in [1.807, 2.05) is 18.2 Å². The van der Waals surface area contributed by atoms with Crippen molar-refractivity contribution in [3.63, 3.8) is 0 Å². The zero-order chi connectivity index (χ0) is 9.94. The van der Waals surface area contributed by atoms with Crippen molar-refractivity contribution in [3.05, 3.63) is 24.3 Å². The van der Waals surface area contributed by atoms with E-state index in [4.69, 9.17) is 5.11 Å². The highest BCUT2D eigenvalue weighted by Gasteiger charge is 1.85. The Morgan fingerprint density at radius 3 is 2.38 bits per heavy atom. The smallest absolute Gasteiger partial charge is 0.302 e. The standard InChI is InChI=1S/C10H16O3/c1-10(12)13-9-7-5-3-2-4-6-8-11/h4-7,11H,2-3,8-9H2,1H3/b6-4+,7-5+. The first-order chi connectivity index (χ1) is 6.27. The molecule has 0 fully saturated rings. The number of allylic oxidation sites excluding steroid dienone is 2. The van der Waals surface area contributed by atoms with E-state index in [1.165, 1.54) is 6.92 Å². The quantitative estimate of drug-likeness (QED) is 0.386. The molecule has 3 nitrogen and oxygen atoms in total. The van der Waals surface area contributed by atoms with Gasteiger partial charge in [0.05, 0.1) is 6.61 Å². The summed E-state index contributed by atoms with van der Waals surface area (Å²) in [4.78, 5) is 10.3. The van der Waals surface area contributed by atoms with Crippen LogP contribution in [-0.2, 0) is 9.53 Å². The lowest BCUT2D eigenvalue weighted by Gasteiger charge is -1.93. The highest BCUT2D eigenvalue weighted by molar-refractivity contribution is 5.65. The van der Waals surface area contributed by atoms with E-state index in [1.54, 1.807) is 6.08 Å². The molecule has 0 amide bonds. The molecule has 0 saturated heterocycles. The molecule has 0 saturated carbocycles. The average Bonchev–Trinajstić information content (AvgIpc) is 2.09. The molecular formula is C10H16O3. The van der Waals surface area contributed by atoms with Gasteiger partial charge in [0.15, 0.2) is 0 Å². The summed E-state index contributed by atoms with van der Waals surface area (Å²) in [7, 11) is 0. The van der Waals surface area contributed by atoms with Gasteiger partial charge in [0, 0.05) is 6.92 Å². The number of aliphatic hydroxyl groups is 1. The van der Waals surface area contributed by atoms with Gasteiger partial charge in [-0.2, -0.15) is 0 Å². The number of carbonyl (C=O) groups is 1. The number of hydrogen-bond acceptors (Lipinski definition) is 3. The molecule has 74 valence electrons. The topological polar surface area (TPSA) is 46.5 Å². The highest BCUT2D eigenvalue weighted by atomic mass is 16.5. The van der Waals surface area contributed by atoms with Crippen LogP contribution in [0.4, 0.5) is 0 Å². The van der Waals surface area contributed by atoms with Crippen molar-refractivity contribution >= 4 is 5.97 Å². The maximum atomic E-state index is 10.3. The summed E-state index contributed by atoms with van der Waals surface area (Å²) in [5.41, 5.74) is 0. The Kier molecular flexibility index (Phi) is 8.25. The van der Waals surface area contributed by atoms with Gasteiger partial charge < -0.3 is 9.84 Å². The Labute approximate surface area is 78.7 Å². The molecule has 0 aliphatic carbocycles. The Morgan fingerprint density at radius 2 is 1.85 bits per heavy atom. The van der Waals surface area contributed by atoms with Crippen LogP contribution in [0.2, 0.25) is 0 Å². The van der Waals surface area contributed by atoms with Crippen LogP contribution < -0.4 is 0 Å². The van der Waals surface area contributed by atoms with Crippen molar-refractivity contribution in [3.8, 4) is 0 Å². The number of esters is 1. The molecule has 0 spiro atoms. The Bertz CT molecular complexity index is 183. The van der Waals surface area contributed by atoms with Crippen LogP contribution in [0.25, 0.3) is 0 Å². The molecule has 3 heteroatoms. The lowest BCUT2D eigenvalue weighted by atomic mass is 10.3. The van der Waals surface area contributed by atoms with Crippen LogP contribution >= 0.6 is 0 Å². The van der Waals surface area contributed by atoms with Crippen molar-refractivity contribution in [1.82, 2.24) is 0 Å². The zero-order valence-corrected chi connectivity index (χ0v) is 7.90. The second kappa shape index (κ2) is 9.00. The Morgan fingerprint density at radius 1 is 1.23 bits per heavy atom. The number of hydrogen-bond donors (Lipinski definition) is 1. The van der Waals surface area contributed by atoms with E-state index in [0.717, 1.165) is 12.8 Å². The summed E-state index contributed by atoms with van der Waals surface area (Å²) in [5.74, 6) is -0.259. The minimum atomic E-state index is -0.259. The van der Waals surface area contributed by atoms with Gasteiger partial charge in [-0.05, 0) is 12.8 Å². The monoisotopic (exact) mass is 184 g/mol. The fourth-order valence-corrected chi connectivity index (χ4v) is 0.736. The van der Waals surface area contributed by atoms with Crippen LogP contribution in [0.1, 0.15) is 19.8 Å². The second-order valence-electron chi connectivity index (χ2n) is 2.51. The van der Waals surface area contributed by atoms with E-state index < -0.39 is 0 Å². The summed E-state index contributed by atoms with van der Waals surface area (Å²) in [6, 6.07) is 0. The van der Waals surface area contributed by atoms with E-state index in [-0.39, 0.29) is 12.6 Å². The molecule has 0 aliphatic rings. The van der Waals surface area contributed by atoms with E-state index in [2.05, 4.69) is 4.74 Å². The molecule has 0 heterocycles. The average molecular weight is 184 g/mol. The van der Waals surface area contributed by atoms with Gasteiger partial charge in [-0.25, -0.2) is 0 Å². The Hall–Kier alpha value is -1.09. The van der Waals surface area contributed by atoms with Gasteiger partial charge >= 0.3 is 5.97 Å². The first kappa shape index (κ1) is 11.9. The van der Waals surface area contributed by atoms with Crippen LogP contribution in [0.15, 0.2) is 24.3 Å². The number of unbranched alkanes of at least 4 members (excludes halogenated alkanes) is 1. The third-order valence-corrected chi connectivity index (χ3v) is 1.32. The van der Waals surface area contributed by atoms with Crippen LogP contribution in [0.5, 0.6) is 0 Å². The Balaban J connectivity index is 3.22. The van der Waals surface area contributed by atoms with Gasteiger partial charge in [-0.3, -0.25) is 4.79 Å². The summed E-state index contributed by atoms with van der Waals surface area (Å²) in [6.45, 7) is 1.83. The zero-order valence-electron chi connectivity index (χ0n) is 7.90. The molecule has 0 aromatic heterocycles. The van der Waals surface area contributed by atoms with Crippen molar-refractivity contribution in [1.29, 1.82) is 0 Å². The summed E-state index contributed by atoms with van der Waals surface area (Å²) in [5, 5.41) is 8.41. The molecule has 0 aromatic carbocycles. The summed E-state index contributed by atoms with van der Waals surface area (Å²) >= 11 is 0. The van der Waals surface area contributed by atoms with Crippen LogP contribution in [-0.4, -0.2) is 24.3 Å². The molecule has 0 aromatic rings. The van der Waals surface area contributed by atoms with Gasteiger partial charge in [0.2, 0.25) is 0 Å². The minimum Gasteiger partial charge on any atom is -0.462 e. The lowest BCUT2D eigenvalue weighted by Crippen LogP contribution is -1.97. The first-order valence-electron chi connectivity index (χ1n) is 4.31. The van der Waals surface area contributed by atoms with E-state index >= 15 is 0 Å². The van der Waals surface area contributed by atoms with Gasteiger partial charge in [-0.1, -0.05) is 24.3 Å². The lowest BCUT2D eigenvalue weighted by molar-refractivity contribution is -0.139. The highest BCUT2D eigenvalue weighted by Crippen LogP contribution is 1.92. The van der Waals surface area contributed by atoms with Gasteiger partial charge in [0.1, 0.15) is 6.61 Å². The first-order valence-corrected chi connectivity index (χ1v) is 4.31. The molecule has 0 rings (SSSR count). The molecule has 0 atom stereocenters. The van der Waals surface area contributed by atoms with Crippen molar-refractivity contribution < 1.29 is 14.6 Å². The van der Waals surface area contributed by atoms with Crippen molar-refractivity contribution in [2.24, 2.45) is 0 Å². The van der Waals surface area contributed by atoms with Gasteiger partial charge in [0.25, 0.3) is 0 Å². The fraction of sp³-hybridized carbons (Fsp3) is 0.500. The van der Waals surface area contributed by atoms with E-state index in [0.29, 0.717) is 6.61 Å². The second-order valence-corrected chi connectivity index (χ2v) is 2.51. The maximum absolute atomic E-state index is 10.3. The molecule has 0 aliphatic heterocycles. The number of carbonyl (C=O) groups excluding carboxylic acids is 1. The number of aliphatic hydroxyl groups excluding tert-OH is 1. The van der Waals surface area contributed by atoms with Gasteiger partial charge in [-0.15, -0.1) is 0 Å². The summed E-state index contributed by atoms with van der Waals surface area (Å²) < 4.78 is 4.69. The minimum absolute atomic E-state index is 0.0944. The van der Waals surface area contributed by atoms with Crippen molar-refractivity contribution in [2.75, 3.05) is 13.2 Å². The molecule has 0 unspecified atom stereocenters. The fourth-order valence-electron chi connectivity index (χ4n) is 0.736. The van der Waals surface area contributed by atoms with Crippen molar-refractivity contribution in [2.45, 2.75) is 19.8 Å². The third kappa shape index (κ3) is 10.9. The van der Waals surface area contributed by atoms with E-state index in [9.17, 15) is 4.79 Å². The maximum Gasteiger partial charge on any atom is 0.302 e. The third-order valence-electron chi connectivity index (χ3n) is 1.32. The summed E-state index contributed by atoms with van der Waals surface area (Å²) in [6.07, 6.45) is 9.18. The molecule has 0 bridgehead atoms. The number of ether oxygens (including phenoxy) is 1. The normalized spacial score (nSPS) is 11.2. The predicted molar refractivity (Wildman–Crippen MR) is 51.2 cm³/mol. The molecule has 0 radical (unpaired) electrons. The number of rotatable bonds is 6. The molecular weight excluding hydrogens is 168 g/mol. The largest absolute Gasteiger partial charge is 0.462 e. The van der Waals surface area contributed by atoms with Crippen LogP contribution in [0, 0.1) is 0 Å². The molecule has 13 heavy (non-hydrogen) atoms.